The Morgan fingerprint density at radius 3 is 2.26 bits per heavy atom. The number of nitrogens with zero attached hydrogens (tertiary/aromatic N) is 1. The number of hydrogen-bond acceptors (Lipinski definition) is 8. The highest BCUT2D eigenvalue weighted by Crippen LogP contribution is 2.56. The van der Waals surface area contributed by atoms with Crippen molar-refractivity contribution in [1.82, 2.24) is 4.90 Å². The number of ether oxygens (including phenoxy) is 2. The molecule has 176 valence electrons. The summed E-state index contributed by atoms with van der Waals surface area (Å²) < 4.78 is 15.2. The third kappa shape index (κ3) is 4.02. The van der Waals surface area contributed by atoms with Crippen LogP contribution in [0.25, 0.3) is 0 Å². The van der Waals surface area contributed by atoms with Gasteiger partial charge in [-0.1, -0.05) is 0 Å². The molecule has 2 aliphatic carbocycles. The molecule has 1 saturated heterocycles. The van der Waals surface area contributed by atoms with Crippen molar-refractivity contribution in [3.8, 4) is 5.75 Å². The highest BCUT2D eigenvalue weighted by molar-refractivity contribution is 6.06. The monoisotopic (exact) mass is 465 g/mol. The Morgan fingerprint density at radius 2 is 1.65 bits per heavy atom. The summed E-state index contributed by atoms with van der Waals surface area (Å²) in [5, 5.41) is 0. The summed E-state index contributed by atoms with van der Waals surface area (Å²) in [7, 11) is 0. The van der Waals surface area contributed by atoms with Gasteiger partial charge >= 0.3 is 11.9 Å². The summed E-state index contributed by atoms with van der Waals surface area (Å²) in [6.45, 7) is -0.492. The van der Waals surface area contributed by atoms with Gasteiger partial charge in [0.2, 0.25) is 17.6 Å². The molecule has 0 radical (unpaired) electrons. The minimum atomic E-state index is -0.663. The van der Waals surface area contributed by atoms with E-state index < -0.39 is 24.3 Å². The zero-order valence-corrected chi connectivity index (χ0v) is 18.3. The number of likely N-dealkylation sites (tertiary alicyclic amines) is 1. The van der Waals surface area contributed by atoms with Crippen LogP contribution >= 0.6 is 0 Å². The van der Waals surface area contributed by atoms with E-state index in [4.69, 9.17) is 13.9 Å². The Morgan fingerprint density at radius 1 is 0.971 bits per heavy atom. The first-order valence-electron chi connectivity index (χ1n) is 11.3. The van der Waals surface area contributed by atoms with Crippen molar-refractivity contribution < 1.29 is 37.9 Å². The third-order valence-electron chi connectivity index (χ3n) is 7.03. The van der Waals surface area contributed by atoms with Gasteiger partial charge in [-0.2, -0.15) is 0 Å². The fourth-order valence-electron chi connectivity index (χ4n) is 5.46. The Balaban J connectivity index is 1.08. The number of imide groups is 1. The number of fused-ring (bicyclic) bond motifs is 5. The number of carbonyl (C=O) groups excluding carboxylic acids is 5. The fourth-order valence-corrected chi connectivity index (χ4v) is 5.46. The SMILES string of the molecule is O=C(CCN1C(=O)C2C3CCC(C3)C2C1=O)OCC(=O)c1ccc(OC(=O)c2ccco2)cc1. The van der Waals surface area contributed by atoms with Gasteiger partial charge in [0, 0.05) is 12.1 Å². The van der Waals surface area contributed by atoms with Crippen LogP contribution in [0.3, 0.4) is 0 Å². The van der Waals surface area contributed by atoms with Gasteiger partial charge in [-0.05, 0) is 67.5 Å². The van der Waals surface area contributed by atoms with Crippen LogP contribution in [0, 0.1) is 23.7 Å². The quantitative estimate of drug-likeness (QED) is 0.253. The van der Waals surface area contributed by atoms with Crippen molar-refractivity contribution >= 4 is 29.5 Å². The average Bonchev–Trinajstić information content (AvgIpc) is 3.63. The second kappa shape index (κ2) is 8.89. The predicted octanol–water partition coefficient (Wildman–Crippen LogP) is 2.65. The lowest BCUT2D eigenvalue weighted by molar-refractivity contribution is -0.145. The van der Waals surface area contributed by atoms with E-state index in [1.54, 1.807) is 6.07 Å². The lowest BCUT2D eigenvalue weighted by atomic mass is 9.81. The normalized spacial score (nSPS) is 24.9. The largest absolute Gasteiger partial charge is 0.457 e. The smallest absolute Gasteiger partial charge is 0.379 e. The van der Waals surface area contributed by atoms with Crippen LogP contribution in [0.5, 0.6) is 5.75 Å². The molecule has 4 atom stereocenters. The Labute approximate surface area is 195 Å². The number of ketones is 1. The number of benzene rings is 1. The summed E-state index contributed by atoms with van der Waals surface area (Å²) >= 11 is 0. The number of hydrogen-bond donors (Lipinski definition) is 0. The Hall–Kier alpha value is -3.75. The fraction of sp³-hybridized carbons (Fsp3) is 0.400. The van der Waals surface area contributed by atoms with Crippen LogP contribution in [0.2, 0.25) is 0 Å². The van der Waals surface area contributed by atoms with Gasteiger partial charge in [-0.25, -0.2) is 4.79 Å². The molecule has 2 amide bonds. The second-order valence-corrected chi connectivity index (χ2v) is 8.94. The van der Waals surface area contributed by atoms with E-state index in [9.17, 15) is 24.0 Å². The number of Topliss-reactive ketones (excluding diaryl/α,β-unsaturated/α-hetero) is 1. The van der Waals surface area contributed by atoms with Crippen molar-refractivity contribution in [1.29, 1.82) is 0 Å². The number of rotatable bonds is 8. The van der Waals surface area contributed by atoms with Gasteiger partial charge in [-0.15, -0.1) is 0 Å². The van der Waals surface area contributed by atoms with Crippen molar-refractivity contribution in [3.05, 3.63) is 54.0 Å². The molecule has 0 spiro atoms. The Kier molecular flexibility index (Phi) is 5.77. The van der Waals surface area contributed by atoms with Gasteiger partial charge in [0.25, 0.3) is 0 Å². The molecular weight excluding hydrogens is 442 g/mol. The molecule has 1 aromatic heterocycles. The molecule has 1 aromatic carbocycles. The molecule has 0 N–H and O–H groups in total. The molecule has 9 nitrogen and oxygen atoms in total. The summed E-state index contributed by atoms with van der Waals surface area (Å²) in [4.78, 5) is 62.9. The number of amides is 2. The maximum absolute atomic E-state index is 12.7. The van der Waals surface area contributed by atoms with Crippen LogP contribution < -0.4 is 4.74 Å². The van der Waals surface area contributed by atoms with Crippen LogP contribution in [0.15, 0.2) is 47.1 Å². The summed E-state index contributed by atoms with van der Waals surface area (Å²) in [5.41, 5.74) is 0.277. The number of carbonyl (C=O) groups is 5. The minimum Gasteiger partial charge on any atom is -0.457 e. The van der Waals surface area contributed by atoms with Gasteiger partial charge < -0.3 is 13.9 Å². The zero-order chi connectivity index (χ0) is 23.8. The third-order valence-corrected chi connectivity index (χ3v) is 7.03. The molecule has 4 unspecified atom stereocenters. The van der Waals surface area contributed by atoms with Crippen LogP contribution in [-0.4, -0.2) is 47.6 Å². The van der Waals surface area contributed by atoms with Crippen molar-refractivity contribution in [2.45, 2.75) is 25.7 Å². The first kappa shape index (κ1) is 22.1. The molecule has 34 heavy (non-hydrogen) atoms. The van der Waals surface area contributed by atoms with Crippen LogP contribution in [0.4, 0.5) is 0 Å². The topological polar surface area (TPSA) is 120 Å². The molecule has 2 saturated carbocycles. The lowest BCUT2D eigenvalue weighted by Crippen LogP contribution is -2.35. The van der Waals surface area contributed by atoms with E-state index >= 15 is 0 Å². The van der Waals surface area contributed by atoms with Crippen molar-refractivity contribution in [3.63, 3.8) is 0 Å². The molecule has 1 aliphatic heterocycles. The van der Waals surface area contributed by atoms with E-state index in [2.05, 4.69) is 0 Å². The van der Waals surface area contributed by atoms with Gasteiger partial charge in [-0.3, -0.25) is 24.1 Å². The predicted molar refractivity (Wildman–Crippen MR) is 115 cm³/mol. The number of esters is 2. The first-order valence-corrected chi connectivity index (χ1v) is 11.3. The van der Waals surface area contributed by atoms with E-state index in [-0.39, 0.29) is 53.7 Å². The molecule has 2 heterocycles. The van der Waals surface area contributed by atoms with E-state index in [0.29, 0.717) is 11.8 Å². The highest BCUT2D eigenvalue weighted by Gasteiger charge is 2.60. The van der Waals surface area contributed by atoms with Crippen molar-refractivity contribution in [2.24, 2.45) is 23.7 Å². The summed E-state index contributed by atoms with van der Waals surface area (Å²) in [5.74, 6) is -1.65. The lowest BCUT2D eigenvalue weighted by Gasteiger charge is -2.19. The zero-order valence-electron chi connectivity index (χ0n) is 18.3. The van der Waals surface area contributed by atoms with Gasteiger partial charge in [0.1, 0.15) is 5.75 Å². The van der Waals surface area contributed by atoms with E-state index in [1.165, 1.54) is 41.5 Å². The maximum atomic E-state index is 12.7. The van der Waals surface area contributed by atoms with Crippen LogP contribution in [0.1, 0.15) is 46.6 Å². The molecule has 3 fully saturated rings. The average molecular weight is 465 g/mol. The minimum absolute atomic E-state index is 0.0210. The van der Waals surface area contributed by atoms with Gasteiger partial charge in [0.15, 0.2) is 12.4 Å². The maximum Gasteiger partial charge on any atom is 0.379 e. The molecule has 2 aromatic rings. The van der Waals surface area contributed by atoms with E-state index in [1.807, 2.05) is 0 Å². The van der Waals surface area contributed by atoms with Crippen molar-refractivity contribution in [2.75, 3.05) is 13.2 Å². The Bertz CT molecular complexity index is 1110. The first-order chi connectivity index (χ1) is 16.4. The van der Waals surface area contributed by atoms with E-state index in [0.717, 1.165) is 19.3 Å². The molecule has 9 heteroatoms. The molecule has 3 aliphatic rings. The highest BCUT2D eigenvalue weighted by atomic mass is 16.5. The van der Waals surface area contributed by atoms with Crippen LogP contribution in [-0.2, 0) is 19.1 Å². The molecular formula is C25H23NO8. The second-order valence-electron chi connectivity index (χ2n) is 8.94. The summed E-state index contributed by atoms with van der Waals surface area (Å²) in [6.07, 6.45) is 4.15. The summed E-state index contributed by atoms with van der Waals surface area (Å²) in [6, 6.07) is 8.84. The number of furan rings is 1. The van der Waals surface area contributed by atoms with Gasteiger partial charge in [0.05, 0.1) is 24.5 Å². The molecule has 5 rings (SSSR count). The molecule has 2 bridgehead atoms. The standard InChI is InChI=1S/C25H23NO8/c27-18(14-5-7-17(8-6-14)34-25(31)19-2-1-11-32-19)13-33-20(28)9-10-26-23(29)21-15-3-4-16(12-15)22(21)24(26)30/h1-2,5-8,11,15-16,21-22H,3-4,9-10,12-13H2.